The largest absolute Gasteiger partial charge is 0.387 e. The minimum absolute atomic E-state index is 0.0394. The molecule has 0 unspecified atom stereocenters. The zero-order valence-corrected chi connectivity index (χ0v) is 42.1. The number of hydrogen-bond donors (Lipinski definition) is 1. The fraction of sp³-hybridized carbons (Fsp3) is 0.379. The first-order valence-electron chi connectivity index (χ1n) is 24.7. The lowest BCUT2D eigenvalue weighted by atomic mass is 9.91. The first kappa shape index (κ1) is 54.1. The van der Waals surface area contributed by atoms with Crippen LogP contribution < -0.4 is 0 Å². The van der Waals surface area contributed by atoms with Gasteiger partial charge in [-0.05, 0) is 40.3 Å². The average molecular weight is 1020 g/mol. The van der Waals surface area contributed by atoms with Crippen molar-refractivity contribution in [2.24, 2.45) is 0 Å². The van der Waals surface area contributed by atoms with Gasteiger partial charge in [-0.3, -0.25) is 4.18 Å². The molecule has 1 N–H and O–H groups in total. The molecule has 2 saturated heterocycles. The number of ether oxygens (including phenoxy) is 10. The number of rotatable bonds is 27. The van der Waals surface area contributed by atoms with E-state index in [4.69, 9.17) is 51.6 Å². The maximum absolute atomic E-state index is 14.6. The SMILES string of the molecule is CCOS(=O)(=O)C[C@]1(O[C@@H]2[C@H](O)[C@@H](OCc3ccccc3)[C@H](OC)O[C@@H]2COCc2ccccc2)O[C@H](COCc2ccccc2)[C@@H](OCc2ccccc2)[C@H](OCc2ccccc2)[C@H]1OCc1ccccc1. The number of aliphatic hydroxyl groups is 1. The molecule has 0 radical (unpaired) electrons. The molecule has 0 aliphatic carbocycles. The minimum Gasteiger partial charge on any atom is -0.387 e. The van der Waals surface area contributed by atoms with Gasteiger partial charge in [-0.1, -0.05) is 182 Å². The predicted molar refractivity (Wildman–Crippen MR) is 272 cm³/mol. The second-order valence-electron chi connectivity index (χ2n) is 17.9. The monoisotopic (exact) mass is 1020 g/mol. The molecule has 14 nitrogen and oxygen atoms in total. The van der Waals surface area contributed by atoms with Gasteiger partial charge in [0.05, 0.1) is 59.5 Å². The van der Waals surface area contributed by atoms with Crippen LogP contribution in [-0.2, 0) is 101 Å². The Balaban J connectivity index is 1.25. The molecule has 0 amide bonds. The van der Waals surface area contributed by atoms with E-state index in [2.05, 4.69) is 0 Å². The summed E-state index contributed by atoms with van der Waals surface area (Å²) in [6.45, 7) is 1.74. The van der Waals surface area contributed by atoms with Crippen LogP contribution in [-0.4, -0.2) is 107 Å². The summed E-state index contributed by atoms with van der Waals surface area (Å²) in [4.78, 5) is 0. The van der Waals surface area contributed by atoms with Crippen molar-refractivity contribution in [2.45, 2.75) is 107 Å². The maximum atomic E-state index is 14.6. The Morgan fingerprint density at radius 2 is 0.877 bits per heavy atom. The quantitative estimate of drug-likeness (QED) is 0.0492. The van der Waals surface area contributed by atoms with E-state index in [9.17, 15) is 13.5 Å². The summed E-state index contributed by atoms with van der Waals surface area (Å²) in [6, 6.07) is 57.4. The molecule has 0 aromatic heterocycles. The van der Waals surface area contributed by atoms with Crippen LogP contribution in [0.5, 0.6) is 0 Å². The lowest BCUT2D eigenvalue weighted by Crippen LogP contribution is -2.73. The van der Waals surface area contributed by atoms with Crippen molar-refractivity contribution >= 4 is 10.1 Å². The molecule has 2 aliphatic rings. The topological polar surface area (TPSA) is 156 Å². The van der Waals surface area contributed by atoms with Gasteiger partial charge in [0.2, 0.25) is 5.79 Å². The van der Waals surface area contributed by atoms with E-state index >= 15 is 0 Å². The van der Waals surface area contributed by atoms with E-state index in [0.29, 0.717) is 0 Å². The normalized spacial score (nSPS) is 25.3. The van der Waals surface area contributed by atoms with Crippen LogP contribution in [0.2, 0.25) is 0 Å². The number of hydrogen-bond acceptors (Lipinski definition) is 14. The first-order chi connectivity index (χ1) is 35.7. The van der Waals surface area contributed by atoms with Crippen LogP contribution in [0.15, 0.2) is 182 Å². The molecular formula is C58H66O14S. The zero-order valence-electron chi connectivity index (χ0n) is 41.3. The van der Waals surface area contributed by atoms with Crippen LogP contribution in [0.4, 0.5) is 0 Å². The fourth-order valence-electron chi connectivity index (χ4n) is 9.04. The Labute approximate surface area is 429 Å². The van der Waals surface area contributed by atoms with Crippen LogP contribution in [0, 0.1) is 0 Å². The summed E-state index contributed by atoms with van der Waals surface area (Å²) >= 11 is 0. The summed E-state index contributed by atoms with van der Waals surface area (Å²) in [5, 5.41) is 12.8. The summed E-state index contributed by atoms with van der Waals surface area (Å²) < 4.78 is 102. The van der Waals surface area contributed by atoms with Gasteiger partial charge in [0.15, 0.2) is 6.29 Å². The van der Waals surface area contributed by atoms with Crippen molar-refractivity contribution < 1.29 is 65.1 Å². The Kier molecular flexibility index (Phi) is 20.3. The van der Waals surface area contributed by atoms with E-state index in [1.807, 2.05) is 182 Å². The maximum Gasteiger partial charge on any atom is 0.272 e. The molecule has 0 bridgehead atoms. The molecule has 388 valence electrons. The molecule has 6 aromatic carbocycles. The highest BCUT2D eigenvalue weighted by atomic mass is 32.2. The highest BCUT2D eigenvalue weighted by molar-refractivity contribution is 7.86. The van der Waals surface area contributed by atoms with Crippen molar-refractivity contribution in [3.63, 3.8) is 0 Å². The molecule has 2 aliphatic heterocycles. The van der Waals surface area contributed by atoms with Gasteiger partial charge in [0.25, 0.3) is 10.1 Å². The van der Waals surface area contributed by atoms with Crippen molar-refractivity contribution in [1.82, 2.24) is 0 Å². The van der Waals surface area contributed by atoms with Gasteiger partial charge in [0, 0.05) is 7.11 Å². The molecule has 0 spiro atoms. The predicted octanol–water partition coefficient (Wildman–Crippen LogP) is 8.34. The average Bonchev–Trinajstić information content (AvgIpc) is 3.42. The second-order valence-corrected chi connectivity index (χ2v) is 19.6. The minimum atomic E-state index is -4.55. The molecule has 8 rings (SSSR count). The summed E-state index contributed by atoms with van der Waals surface area (Å²) in [5.41, 5.74) is 5.10. The molecule has 15 heteroatoms. The Bertz CT molecular complexity index is 2580. The Hall–Kier alpha value is -5.21. The number of benzene rings is 6. The third-order valence-electron chi connectivity index (χ3n) is 12.5. The lowest BCUT2D eigenvalue weighted by molar-refractivity contribution is -0.409. The fourth-order valence-corrected chi connectivity index (χ4v) is 10.3. The molecular weight excluding hydrogens is 953 g/mol. The van der Waals surface area contributed by atoms with Gasteiger partial charge in [0.1, 0.15) is 54.6 Å². The smallest absolute Gasteiger partial charge is 0.272 e. The number of methoxy groups -OCH3 is 1. The van der Waals surface area contributed by atoms with E-state index in [1.165, 1.54) is 7.11 Å². The summed E-state index contributed by atoms with van der Waals surface area (Å²) in [6.07, 6.45) is -10.9. The van der Waals surface area contributed by atoms with Gasteiger partial charge >= 0.3 is 0 Å². The van der Waals surface area contributed by atoms with E-state index in [1.54, 1.807) is 6.92 Å². The van der Waals surface area contributed by atoms with E-state index in [-0.39, 0.29) is 59.5 Å². The second kappa shape index (κ2) is 27.4. The molecule has 0 saturated carbocycles. The molecule has 2 heterocycles. The molecule has 10 atom stereocenters. The van der Waals surface area contributed by atoms with Gasteiger partial charge in [-0.2, -0.15) is 8.42 Å². The molecule has 6 aromatic rings. The van der Waals surface area contributed by atoms with E-state index < -0.39 is 76.8 Å². The molecule has 2 fully saturated rings. The third kappa shape index (κ3) is 15.4. The van der Waals surface area contributed by atoms with Crippen molar-refractivity contribution in [3.8, 4) is 0 Å². The summed E-state index contributed by atoms with van der Waals surface area (Å²) in [7, 11) is -3.09. The van der Waals surface area contributed by atoms with Crippen LogP contribution in [0.25, 0.3) is 0 Å². The highest BCUT2D eigenvalue weighted by Gasteiger charge is 2.63. The van der Waals surface area contributed by atoms with Crippen LogP contribution >= 0.6 is 0 Å². The van der Waals surface area contributed by atoms with Gasteiger partial charge < -0.3 is 52.5 Å². The van der Waals surface area contributed by atoms with Gasteiger partial charge in [-0.15, -0.1) is 0 Å². The Morgan fingerprint density at radius 1 is 0.493 bits per heavy atom. The first-order valence-corrected chi connectivity index (χ1v) is 26.2. The van der Waals surface area contributed by atoms with Crippen LogP contribution in [0.3, 0.4) is 0 Å². The lowest BCUT2D eigenvalue weighted by Gasteiger charge is -2.54. The highest BCUT2D eigenvalue weighted by Crippen LogP contribution is 2.42. The summed E-state index contributed by atoms with van der Waals surface area (Å²) in [5.74, 6) is -3.28. The van der Waals surface area contributed by atoms with Crippen LogP contribution in [0.1, 0.15) is 40.3 Å². The van der Waals surface area contributed by atoms with Crippen molar-refractivity contribution in [1.29, 1.82) is 0 Å². The zero-order chi connectivity index (χ0) is 50.7. The Morgan fingerprint density at radius 3 is 1.30 bits per heavy atom. The molecule has 73 heavy (non-hydrogen) atoms. The van der Waals surface area contributed by atoms with E-state index in [0.717, 1.165) is 33.4 Å². The number of aliphatic hydroxyl groups excluding tert-OH is 1. The van der Waals surface area contributed by atoms with Crippen molar-refractivity contribution in [3.05, 3.63) is 215 Å². The van der Waals surface area contributed by atoms with Gasteiger partial charge in [-0.25, -0.2) is 0 Å². The third-order valence-corrected chi connectivity index (χ3v) is 13.9. The van der Waals surface area contributed by atoms with Crippen molar-refractivity contribution in [2.75, 3.05) is 32.7 Å². The standard InChI is InChI=1S/C58H66O14S/c1-3-69-73(60,61)42-58(72-52-49(40-63-34-43-22-10-4-11-23-43)70-57(62-2)54(51(52)59)66-37-46-28-16-7-17-29-46)56(68-39-48-32-20-9-21-33-48)55(67-38-47-30-18-8-19-31-47)53(65-36-45-26-14-6-15-27-45)50(71-58)41-64-35-44-24-12-5-13-25-44/h4-33,49-57,59H,3,34-42H2,1-2H3/t49-,50-,51+,52+,53-,54-,55+,56-,57-,58-/m1/s1.